The molecule has 0 heterocycles. The van der Waals surface area contributed by atoms with Gasteiger partial charge in [0.05, 0.1) is 6.61 Å². The maximum absolute atomic E-state index is 12.4. The fraction of sp³-hybridized carbons (Fsp3) is 0.506. The molecule has 0 aromatic carbocycles. The van der Waals surface area contributed by atoms with Crippen LogP contribution >= 0.6 is 0 Å². The van der Waals surface area contributed by atoms with E-state index < -0.39 is 6.10 Å². The highest BCUT2D eigenvalue weighted by Gasteiger charge is 2.16. The van der Waals surface area contributed by atoms with Gasteiger partial charge in [-0.2, -0.15) is 0 Å². The van der Waals surface area contributed by atoms with Crippen LogP contribution in [0.15, 0.2) is 231 Å². The number of carbonyl (C=O) groups is 2. The van der Waals surface area contributed by atoms with E-state index in [2.05, 4.69) is 245 Å². The maximum atomic E-state index is 12.4. The zero-order chi connectivity index (χ0) is 61.9. The number of aliphatic hydroxyl groups is 1. The zero-order valence-corrected chi connectivity index (χ0v) is 54.5. The van der Waals surface area contributed by atoms with Crippen molar-refractivity contribution in [2.75, 3.05) is 13.2 Å². The van der Waals surface area contributed by atoms with Gasteiger partial charge in [0.1, 0.15) is 6.61 Å². The lowest BCUT2D eigenvalue weighted by Crippen LogP contribution is -2.28. The molecule has 0 aromatic rings. The number of ether oxygens (including phenoxy) is 2. The van der Waals surface area contributed by atoms with Crippen LogP contribution in [0.4, 0.5) is 0 Å². The summed E-state index contributed by atoms with van der Waals surface area (Å²) in [6, 6.07) is 0. The minimum absolute atomic E-state index is 0.0954. The smallest absolute Gasteiger partial charge is 0.306 e. The second-order valence-electron chi connectivity index (χ2n) is 21.4. The first-order valence-electron chi connectivity index (χ1n) is 33.9. The highest BCUT2D eigenvalue weighted by Crippen LogP contribution is 2.13. The highest BCUT2D eigenvalue weighted by atomic mass is 16.6. The number of carbonyl (C=O) groups excluding carboxylic acids is 2. The summed E-state index contributed by atoms with van der Waals surface area (Å²) in [5.74, 6) is -0.640. The number of rotatable bonds is 59. The standard InChI is InChI=1S/C81H122O5/c1-3-5-7-9-11-13-15-17-19-21-23-25-27-29-31-33-35-37-38-39-40-41-42-44-46-48-50-52-54-56-58-60-62-64-66-68-70-72-74-76-81(84)86-79(77-82)78-85-80(83)75-73-71-69-67-65-63-61-59-57-55-53-51-49-47-45-43-36-34-32-30-28-26-24-22-20-18-16-14-12-10-8-6-4-2/h5-8,11-14,17-20,23-26,29-32,35-37,39-40,42-44,47-50,53-56,59,61,79,82H,3-4,9-10,15-16,21-22,27-28,33-34,38,41,45-46,51-52,57-58,60,62-78H2,1-2H3/b7-5-,8-6-,13-11-,14-12-,19-17-,20-18-,25-23-,26-24-,31-29-,32-30-,37-35-,40-39-,43-36-,44-42-,49-47-,50-48-,55-53-,56-54-,61-59-. The van der Waals surface area contributed by atoms with Gasteiger partial charge in [0.15, 0.2) is 6.10 Å². The van der Waals surface area contributed by atoms with E-state index in [1.54, 1.807) is 0 Å². The first-order chi connectivity index (χ1) is 42.6. The number of esters is 2. The lowest BCUT2D eigenvalue weighted by molar-refractivity contribution is -0.161. The molecule has 1 atom stereocenters. The Balaban J connectivity index is 3.67. The molecule has 0 aliphatic heterocycles. The summed E-state index contributed by atoms with van der Waals surface area (Å²) in [4.78, 5) is 24.6. The van der Waals surface area contributed by atoms with Crippen molar-refractivity contribution in [1.82, 2.24) is 0 Å². The lowest BCUT2D eigenvalue weighted by Gasteiger charge is -2.15. The lowest BCUT2D eigenvalue weighted by atomic mass is 10.1. The molecular formula is C81H122O5. The Labute approximate surface area is 528 Å². The van der Waals surface area contributed by atoms with Crippen molar-refractivity contribution in [1.29, 1.82) is 0 Å². The van der Waals surface area contributed by atoms with Crippen LogP contribution in [0.25, 0.3) is 0 Å². The van der Waals surface area contributed by atoms with Crippen molar-refractivity contribution < 1.29 is 24.2 Å². The van der Waals surface area contributed by atoms with Gasteiger partial charge in [-0.25, -0.2) is 0 Å². The van der Waals surface area contributed by atoms with Crippen LogP contribution in [0, 0.1) is 0 Å². The first kappa shape index (κ1) is 80.0. The summed E-state index contributed by atoms with van der Waals surface area (Å²) < 4.78 is 10.7. The summed E-state index contributed by atoms with van der Waals surface area (Å²) in [6.07, 6.45) is 120. The Kier molecular flexibility index (Phi) is 68.1. The third-order valence-electron chi connectivity index (χ3n) is 13.5. The van der Waals surface area contributed by atoms with E-state index in [-0.39, 0.29) is 25.2 Å². The molecule has 5 nitrogen and oxygen atoms in total. The van der Waals surface area contributed by atoms with E-state index in [1.165, 1.54) is 32.1 Å². The molecule has 0 rings (SSSR count). The number of unbranched alkanes of at least 4 members (excludes halogenated alkanes) is 13. The molecule has 476 valence electrons. The van der Waals surface area contributed by atoms with Gasteiger partial charge in [0, 0.05) is 12.8 Å². The Hall–Kier alpha value is -6.04. The van der Waals surface area contributed by atoms with Gasteiger partial charge in [0.25, 0.3) is 0 Å². The molecule has 0 aliphatic carbocycles. The predicted molar refractivity (Wildman–Crippen MR) is 379 cm³/mol. The van der Waals surface area contributed by atoms with E-state index >= 15 is 0 Å². The Morgan fingerprint density at radius 2 is 0.465 bits per heavy atom. The van der Waals surface area contributed by atoms with Gasteiger partial charge in [0.2, 0.25) is 0 Å². The van der Waals surface area contributed by atoms with E-state index in [1.807, 2.05) is 0 Å². The fourth-order valence-electron chi connectivity index (χ4n) is 8.46. The van der Waals surface area contributed by atoms with Crippen molar-refractivity contribution in [3.05, 3.63) is 231 Å². The van der Waals surface area contributed by atoms with Crippen molar-refractivity contribution in [2.45, 2.75) is 251 Å². The molecule has 1 N–H and O–H groups in total. The van der Waals surface area contributed by atoms with Crippen molar-refractivity contribution in [2.24, 2.45) is 0 Å². The molecule has 0 aromatic heterocycles. The molecule has 0 saturated heterocycles. The Morgan fingerprint density at radius 1 is 0.267 bits per heavy atom. The molecule has 0 amide bonds. The SMILES string of the molecule is CC/C=C\C/C=C\C/C=C\C/C=C\C/C=C\C/C=C\C/C=C\C/C=C\C/C=C\C/C=C\CCCCCCCCCCC(=O)OC(CO)COC(=O)CCCCCCC/C=C\C/C=C\C/C=C\C/C=C\C/C=C\C/C=C\C/C=C\C/C=C\C/C=C\CC. The van der Waals surface area contributed by atoms with E-state index in [4.69, 9.17) is 9.47 Å². The third-order valence-corrected chi connectivity index (χ3v) is 13.5. The van der Waals surface area contributed by atoms with Crippen molar-refractivity contribution in [3.8, 4) is 0 Å². The second kappa shape index (κ2) is 73.2. The predicted octanol–water partition coefficient (Wildman–Crippen LogP) is 24.1. The molecule has 0 bridgehead atoms. The fourth-order valence-corrected chi connectivity index (χ4v) is 8.46. The number of allylic oxidation sites excluding steroid dienone is 38. The molecule has 0 aliphatic rings. The quantitative estimate of drug-likeness (QED) is 0.0373. The van der Waals surface area contributed by atoms with Gasteiger partial charge < -0.3 is 14.6 Å². The zero-order valence-electron chi connectivity index (χ0n) is 54.5. The van der Waals surface area contributed by atoms with Crippen LogP contribution in [-0.4, -0.2) is 36.4 Å². The molecule has 0 fully saturated rings. The van der Waals surface area contributed by atoms with Gasteiger partial charge in [-0.3, -0.25) is 9.59 Å². The van der Waals surface area contributed by atoms with Crippen LogP contribution in [0.1, 0.15) is 245 Å². The largest absolute Gasteiger partial charge is 0.462 e. The molecule has 0 radical (unpaired) electrons. The van der Waals surface area contributed by atoms with Crippen LogP contribution in [0.2, 0.25) is 0 Å². The van der Waals surface area contributed by atoms with Crippen LogP contribution < -0.4 is 0 Å². The molecule has 0 spiro atoms. The van der Waals surface area contributed by atoms with Crippen LogP contribution in [0.3, 0.4) is 0 Å². The minimum atomic E-state index is -0.806. The Bertz CT molecular complexity index is 2110. The molecule has 0 saturated carbocycles. The monoisotopic (exact) mass is 1170 g/mol. The van der Waals surface area contributed by atoms with Crippen molar-refractivity contribution in [3.63, 3.8) is 0 Å². The summed E-state index contributed by atoms with van der Waals surface area (Å²) in [6.45, 7) is 3.87. The highest BCUT2D eigenvalue weighted by molar-refractivity contribution is 5.70. The maximum Gasteiger partial charge on any atom is 0.306 e. The van der Waals surface area contributed by atoms with Gasteiger partial charge in [-0.05, 0) is 161 Å². The molecule has 86 heavy (non-hydrogen) atoms. The summed E-state index contributed by atoms with van der Waals surface area (Å²) >= 11 is 0. The summed E-state index contributed by atoms with van der Waals surface area (Å²) in [5, 5.41) is 9.70. The first-order valence-corrected chi connectivity index (χ1v) is 33.9. The van der Waals surface area contributed by atoms with Crippen LogP contribution in [-0.2, 0) is 19.1 Å². The van der Waals surface area contributed by atoms with E-state index in [9.17, 15) is 14.7 Å². The Morgan fingerprint density at radius 3 is 0.698 bits per heavy atom. The van der Waals surface area contributed by atoms with Crippen LogP contribution in [0.5, 0.6) is 0 Å². The average molecular weight is 1180 g/mol. The van der Waals surface area contributed by atoms with E-state index in [0.717, 1.165) is 186 Å². The second-order valence-corrected chi connectivity index (χ2v) is 21.4. The normalized spacial score (nSPS) is 13.8. The molecule has 5 heteroatoms. The van der Waals surface area contributed by atoms with Crippen molar-refractivity contribution >= 4 is 11.9 Å². The summed E-state index contributed by atoms with van der Waals surface area (Å²) in [5.41, 5.74) is 0. The number of aliphatic hydroxyl groups excluding tert-OH is 1. The molecule has 1 unspecified atom stereocenters. The van der Waals surface area contributed by atoms with E-state index in [0.29, 0.717) is 12.8 Å². The average Bonchev–Trinajstić information content (AvgIpc) is 3.55. The van der Waals surface area contributed by atoms with Gasteiger partial charge in [-0.15, -0.1) is 0 Å². The van der Waals surface area contributed by atoms with Gasteiger partial charge in [-0.1, -0.05) is 303 Å². The number of hydrogen-bond acceptors (Lipinski definition) is 5. The molecular weight excluding hydrogens is 1050 g/mol. The topological polar surface area (TPSA) is 72.8 Å². The number of hydrogen-bond donors (Lipinski definition) is 1. The minimum Gasteiger partial charge on any atom is -0.462 e. The third kappa shape index (κ3) is 70.4. The summed E-state index contributed by atoms with van der Waals surface area (Å²) in [7, 11) is 0. The van der Waals surface area contributed by atoms with Gasteiger partial charge >= 0.3 is 11.9 Å².